The van der Waals surface area contributed by atoms with Gasteiger partial charge in [0, 0.05) is 30.4 Å². The molecule has 1 aromatic rings. The number of halogens is 1. The Morgan fingerprint density at radius 1 is 1.30 bits per heavy atom. The van der Waals surface area contributed by atoms with Crippen molar-refractivity contribution < 1.29 is 4.39 Å². The molecule has 0 aromatic heterocycles. The summed E-state index contributed by atoms with van der Waals surface area (Å²) in [7, 11) is 4.00. The first-order valence-electron chi connectivity index (χ1n) is 7.74. The van der Waals surface area contributed by atoms with Crippen LogP contribution in [0.1, 0.15) is 51.1 Å². The summed E-state index contributed by atoms with van der Waals surface area (Å²) in [5.74, 6) is 0.564. The van der Waals surface area contributed by atoms with Crippen molar-refractivity contribution >= 4 is 5.69 Å². The molecule has 0 amide bonds. The highest BCUT2D eigenvalue weighted by Crippen LogP contribution is 2.34. The molecule has 112 valence electrons. The lowest BCUT2D eigenvalue weighted by molar-refractivity contribution is 0.321. The third-order valence-electron chi connectivity index (χ3n) is 4.84. The van der Waals surface area contributed by atoms with Crippen LogP contribution in [0.3, 0.4) is 0 Å². The molecule has 2 nitrogen and oxygen atoms in total. The van der Waals surface area contributed by atoms with Crippen LogP contribution in [0.5, 0.6) is 0 Å². The van der Waals surface area contributed by atoms with Crippen LogP contribution in [0.25, 0.3) is 0 Å². The molecule has 1 aromatic carbocycles. The normalized spacial score (nSPS) is 24.4. The number of hydrogen-bond donors (Lipinski definition) is 1. The first kappa shape index (κ1) is 15.3. The van der Waals surface area contributed by atoms with E-state index in [-0.39, 0.29) is 11.9 Å². The van der Waals surface area contributed by atoms with Gasteiger partial charge in [0.15, 0.2) is 0 Å². The molecule has 3 heteroatoms. The molecule has 1 N–H and O–H groups in total. The fraction of sp³-hybridized carbons (Fsp3) is 0.647. The third-order valence-corrected chi connectivity index (χ3v) is 4.84. The molecule has 3 atom stereocenters. The highest BCUT2D eigenvalue weighted by molar-refractivity contribution is 5.56. The van der Waals surface area contributed by atoms with Gasteiger partial charge >= 0.3 is 0 Å². The Balaban J connectivity index is 2.33. The summed E-state index contributed by atoms with van der Waals surface area (Å²) in [5, 5.41) is 3.16. The zero-order valence-electron chi connectivity index (χ0n) is 13.1. The predicted molar refractivity (Wildman–Crippen MR) is 83.7 cm³/mol. The molecular weight excluding hydrogens is 251 g/mol. The van der Waals surface area contributed by atoms with Gasteiger partial charge in [0.05, 0.1) is 0 Å². The maximum absolute atomic E-state index is 14.2. The molecule has 1 saturated carbocycles. The summed E-state index contributed by atoms with van der Waals surface area (Å²) in [4.78, 5) is 2.30. The lowest BCUT2D eigenvalue weighted by atomic mass is 9.84. The maximum Gasteiger partial charge on any atom is 0.130 e. The molecule has 20 heavy (non-hydrogen) atoms. The van der Waals surface area contributed by atoms with Gasteiger partial charge < -0.3 is 10.2 Å². The van der Waals surface area contributed by atoms with Gasteiger partial charge in [-0.3, -0.25) is 0 Å². The van der Waals surface area contributed by atoms with E-state index in [1.54, 1.807) is 6.07 Å². The van der Waals surface area contributed by atoms with Crippen molar-refractivity contribution in [2.75, 3.05) is 19.0 Å². The van der Waals surface area contributed by atoms with E-state index in [1.807, 2.05) is 26.1 Å². The van der Waals surface area contributed by atoms with Gasteiger partial charge in [-0.25, -0.2) is 4.39 Å². The van der Waals surface area contributed by atoms with Gasteiger partial charge in [-0.15, -0.1) is 0 Å². The Morgan fingerprint density at radius 3 is 2.65 bits per heavy atom. The second-order valence-corrected chi connectivity index (χ2v) is 6.12. The van der Waals surface area contributed by atoms with Crippen molar-refractivity contribution in [3.63, 3.8) is 0 Å². The van der Waals surface area contributed by atoms with Crippen molar-refractivity contribution in [2.45, 2.75) is 51.6 Å². The van der Waals surface area contributed by atoms with Crippen LogP contribution < -0.4 is 10.2 Å². The predicted octanol–water partition coefficient (Wildman–Crippen LogP) is 4.12. The Labute approximate surface area is 122 Å². The van der Waals surface area contributed by atoms with Crippen molar-refractivity contribution in [3.8, 4) is 0 Å². The number of rotatable bonds is 4. The van der Waals surface area contributed by atoms with Crippen molar-refractivity contribution in [1.29, 1.82) is 0 Å². The molecule has 3 unspecified atom stereocenters. The Morgan fingerprint density at radius 2 is 2.00 bits per heavy atom. The summed E-state index contributed by atoms with van der Waals surface area (Å²) >= 11 is 0. The van der Waals surface area contributed by atoms with Gasteiger partial charge in [-0.2, -0.15) is 0 Å². The number of benzene rings is 1. The van der Waals surface area contributed by atoms with Gasteiger partial charge in [-0.1, -0.05) is 25.8 Å². The number of hydrogen-bond acceptors (Lipinski definition) is 2. The van der Waals surface area contributed by atoms with E-state index in [9.17, 15) is 4.39 Å². The van der Waals surface area contributed by atoms with E-state index in [4.69, 9.17) is 0 Å². The Kier molecular flexibility index (Phi) is 5.03. The first-order chi connectivity index (χ1) is 9.56. The van der Waals surface area contributed by atoms with Crippen LogP contribution >= 0.6 is 0 Å². The lowest BCUT2D eigenvalue weighted by Gasteiger charge is -2.39. The molecule has 0 bridgehead atoms. The molecule has 0 radical (unpaired) electrons. The minimum absolute atomic E-state index is 0.0209. The van der Waals surface area contributed by atoms with Crippen LogP contribution in [0.2, 0.25) is 0 Å². The Bertz CT molecular complexity index is 447. The van der Waals surface area contributed by atoms with Gasteiger partial charge in [0.1, 0.15) is 5.82 Å². The van der Waals surface area contributed by atoms with Crippen LogP contribution in [0.4, 0.5) is 10.1 Å². The van der Waals surface area contributed by atoms with Gasteiger partial charge in [-0.05, 0) is 44.9 Å². The van der Waals surface area contributed by atoms with E-state index >= 15 is 0 Å². The molecule has 1 aliphatic carbocycles. The Hall–Kier alpha value is -1.09. The molecule has 2 rings (SSSR count). The lowest BCUT2D eigenvalue weighted by Crippen LogP contribution is -2.40. The van der Waals surface area contributed by atoms with Crippen LogP contribution in [0, 0.1) is 11.7 Å². The van der Waals surface area contributed by atoms with E-state index in [1.165, 1.54) is 25.7 Å². The maximum atomic E-state index is 14.2. The molecule has 1 aliphatic rings. The molecule has 0 aliphatic heterocycles. The van der Waals surface area contributed by atoms with E-state index in [0.717, 1.165) is 11.3 Å². The summed E-state index contributed by atoms with van der Waals surface area (Å²) in [6.07, 6.45) is 5.10. The van der Waals surface area contributed by atoms with E-state index < -0.39 is 0 Å². The second-order valence-electron chi connectivity index (χ2n) is 6.12. The quantitative estimate of drug-likeness (QED) is 0.891. The average Bonchev–Trinajstić information content (AvgIpc) is 2.46. The zero-order valence-corrected chi connectivity index (χ0v) is 13.1. The van der Waals surface area contributed by atoms with Gasteiger partial charge in [0.25, 0.3) is 0 Å². The third kappa shape index (κ3) is 2.98. The molecule has 0 saturated heterocycles. The standard InChI is InChI=1S/C17H27FN2/c1-12-8-5-6-10-15(12)20(4)16-11-7-9-14(18)17(16)13(2)19-3/h7,9,11-13,15,19H,5-6,8,10H2,1-4H3. The first-order valence-corrected chi connectivity index (χ1v) is 7.74. The SMILES string of the molecule is CNC(C)c1c(F)cccc1N(C)C1CCCCC1C. The van der Waals surface area contributed by atoms with E-state index in [2.05, 4.69) is 24.2 Å². The fourth-order valence-corrected chi connectivity index (χ4v) is 3.46. The molecule has 0 spiro atoms. The number of nitrogens with one attached hydrogen (secondary N) is 1. The summed E-state index contributed by atoms with van der Waals surface area (Å²) < 4.78 is 14.2. The largest absolute Gasteiger partial charge is 0.371 e. The van der Waals surface area contributed by atoms with E-state index in [0.29, 0.717) is 12.0 Å². The number of nitrogens with zero attached hydrogens (tertiary/aromatic N) is 1. The van der Waals surface area contributed by atoms with Crippen LogP contribution in [-0.4, -0.2) is 20.1 Å². The zero-order chi connectivity index (χ0) is 14.7. The smallest absolute Gasteiger partial charge is 0.130 e. The monoisotopic (exact) mass is 278 g/mol. The molecule has 0 heterocycles. The highest BCUT2D eigenvalue weighted by Gasteiger charge is 2.27. The van der Waals surface area contributed by atoms with Crippen molar-refractivity contribution in [3.05, 3.63) is 29.6 Å². The second kappa shape index (κ2) is 6.57. The van der Waals surface area contributed by atoms with Gasteiger partial charge in [0.2, 0.25) is 0 Å². The summed E-state index contributed by atoms with van der Waals surface area (Å²) in [5.41, 5.74) is 1.82. The minimum Gasteiger partial charge on any atom is -0.371 e. The van der Waals surface area contributed by atoms with Crippen molar-refractivity contribution in [1.82, 2.24) is 5.32 Å². The fourth-order valence-electron chi connectivity index (χ4n) is 3.46. The average molecular weight is 278 g/mol. The number of anilines is 1. The van der Waals surface area contributed by atoms with Crippen molar-refractivity contribution in [2.24, 2.45) is 5.92 Å². The van der Waals surface area contributed by atoms with Crippen LogP contribution in [0.15, 0.2) is 18.2 Å². The summed E-state index contributed by atoms with van der Waals surface area (Å²) in [6.45, 7) is 4.33. The highest BCUT2D eigenvalue weighted by atomic mass is 19.1. The topological polar surface area (TPSA) is 15.3 Å². The molecular formula is C17H27FN2. The minimum atomic E-state index is -0.111. The molecule has 1 fully saturated rings. The van der Waals surface area contributed by atoms with Crippen LogP contribution in [-0.2, 0) is 0 Å². The summed E-state index contributed by atoms with van der Waals surface area (Å²) in [6, 6.07) is 5.97.